The zero-order valence-electron chi connectivity index (χ0n) is 11.1. The maximum Gasteiger partial charge on any atom is 0.252 e. The van der Waals surface area contributed by atoms with Crippen molar-refractivity contribution >= 4 is 40.9 Å². The first kappa shape index (κ1) is 17.7. The monoisotopic (exact) mass is 412 g/mol. The summed E-state index contributed by atoms with van der Waals surface area (Å²) in [4.78, 5) is 12.0. The van der Waals surface area contributed by atoms with Crippen LogP contribution in [-0.2, 0) is 0 Å². The van der Waals surface area contributed by atoms with Crippen molar-refractivity contribution in [2.24, 2.45) is 5.92 Å². The highest BCUT2D eigenvalue weighted by molar-refractivity contribution is 14.1. The van der Waals surface area contributed by atoms with Gasteiger partial charge in [-0.1, -0.05) is 0 Å². The molecule has 0 saturated carbocycles. The van der Waals surface area contributed by atoms with Gasteiger partial charge in [-0.3, -0.25) is 4.79 Å². The molecular formula is C14H19ClFIN2O. The molecule has 1 aromatic rings. The molecule has 0 spiro atoms. The lowest BCUT2D eigenvalue weighted by Crippen LogP contribution is -2.33. The third-order valence-electron chi connectivity index (χ3n) is 3.41. The Kier molecular flexibility index (Phi) is 7.76. The van der Waals surface area contributed by atoms with Crippen LogP contribution >= 0.6 is 35.0 Å². The fourth-order valence-electron chi connectivity index (χ4n) is 2.33. The molecule has 1 aliphatic rings. The molecule has 2 N–H and O–H groups in total. The first-order valence-corrected chi connectivity index (χ1v) is 7.68. The summed E-state index contributed by atoms with van der Waals surface area (Å²) >= 11 is 1.99. The molecule has 1 aliphatic heterocycles. The Bertz CT molecular complexity index is 453. The maximum absolute atomic E-state index is 13.0. The molecule has 1 unspecified atom stereocenters. The van der Waals surface area contributed by atoms with Crippen LogP contribution in [0, 0.1) is 15.3 Å². The van der Waals surface area contributed by atoms with Gasteiger partial charge in [0.2, 0.25) is 0 Å². The van der Waals surface area contributed by atoms with Gasteiger partial charge in [-0.25, -0.2) is 4.39 Å². The van der Waals surface area contributed by atoms with E-state index in [0.717, 1.165) is 19.5 Å². The zero-order valence-corrected chi connectivity index (χ0v) is 14.1. The average Bonchev–Trinajstić information content (AvgIpc) is 2.39. The fourth-order valence-corrected chi connectivity index (χ4v) is 3.05. The number of amides is 1. The van der Waals surface area contributed by atoms with Crippen LogP contribution in [-0.4, -0.2) is 25.5 Å². The van der Waals surface area contributed by atoms with Crippen LogP contribution in [0.15, 0.2) is 18.2 Å². The van der Waals surface area contributed by atoms with Gasteiger partial charge in [-0.2, -0.15) is 0 Å². The number of halogens is 3. The predicted molar refractivity (Wildman–Crippen MR) is 88.9 cm³/mol. The van der Waals surface area contributed by atoms with Crippen LogP contribution in [0.4, 0.5) is 4.39 Å². The van der Waals surface area contributed by atoms with Crippen LogP contribution in [0.2, 0.25) is 0 Å². The minimum atomic E-state index is -0.311. The van der Waals surface area contributed by atoms with E-state index in [1.54, 1.807) is 0 Å². The molecule has 3 nitrogen and oxygen atoms in total. The van der Waals surface area contributed by atoms with Gasteiger partial charge in [0.05, 0.1) is 5.56 Å². The van der Waals surface area contributed by atoms with Crippen molar-refractivity contribution < 1.29 is 9.18 Å². The first-order valence-electron chi connectivity index (χ1n) is 6.61. The Labute approximate surface area is 138 Å². The lowest BCUT2D eigenvalue weighted by molar-refractivity contribution is 0.0949. The predicted octanol–water partition coefficient (Wildman–Crippen LogP) is 2.97. The van der Waals surface area contributed by atoms with Gasteiger partial charge in [0.15, 0.2) is 0 Å². The molecule has 20 heavy (non-hydrogen) atoms. The molecule has 1 fully saturated rings. The SMILES string of the molecule is Cl.O=C(NCCC1CCCNC1)c1ccc(F)cc1I. The Morgan fingerprint density at radius 3 is 2.95 bits per heavy atom. The number of carbonyl (C=O) groups is 1. The Hall–Kier alpha value is -0.400. The number of hydrogen-bond acceptors (Lipinski definition) is 2. The molecule has 2 rings (SSSR count). The Morgan fingerprint density at radius 1 is 1.50 bits per heavy atom. The van der Waals surface area contributed by atoms with Crippen LogP contribution in [0.25, 0.3) is 0 Å². The second-order valence-electron chi connectivity index (χ2n) is 4.88. The normalized spacial score (nSPS) is 18.2. The van der Waals surface area contributed by atoms with E-state index in [9.17, 15) is 9.18 Å². The van der Waals surface area contributed by atoms with Crippen molar-refractivity contribution in [2.45, 2.75) is 19.3 Å². The third kappa shape index (κ3) is 5.18. The van der Waals surface area contributed by atoms with E-state index < -0.39 is 0 Å². The van der Waals surface area contributed by atoms with Crippen molar-refractivity contribution in [1.29, 1.82) is 0 Å². The number of nitrogens with one attached hydrogen (secondary N) is 2. The Morgan fingerprint density at radius 2 is 2.30 bits per heavy atom. The number of rotatable bonds is 4. The van der Waals surface area contributed by atoms with Gasteiger partial charge >= 0.3 is 0 Å². The van der Waals surface area contributed by atoms with Gasteiger partial charge < -0.3 is 10.6 Å². The minimum absolute atomic E-state index is 0. The zero-order chi connectivity index (χ0) is 13.7. The summed E-state index contributed by atoms with van der Waals surface area (Å²) in [6.07, 6.45) is 3.45. The lowest BCUT2D eigenvalue weighted by atomic mass is 9.96. The minimum Gasteiger partial charge on any atom is -0.352 e. The highest BCUT2D eigenvalue weighted by Gasteiger charge is 2.14. The van der Waals surface area contributed by atoms with Crippen LogP contribution in [0.1, 0.15) is 29.6 Å². The van der Waals surface area contributed by atoms with E-state index in [1.165, 1.54) is 31.0 Å². The number of carbonyl (C=O) groups excluding carboxylic acids is 1. The molecule has 0 bridgehead atoms. The molecule has 0 aromatic heterocycles. The van der Waals surface area contributed by atoms with Gasteiger partial charge in [0, 0.05) is 10.1 Å². The summed E-state index contributed by atoms with van der Waals surface area (Å²) in [7, 11) is 0. The molecule has 1 saturated heterocycles. The van der Waals surface area contributed by atoms with E-state index in [2.05, 4.69) is 10.6 Å². The van der Waals surface area contributed by atoms with Gasteiger partial charge in [-0.05, 0) is 79.1 Å². The van der Waals surface area contributed by atoms with E-state index >= 15 is 0 Å². The molecule has 112 valence electrons. The molecule has 1 aromatic carbocycles. The lowest BCUT2D eigenvalue weighted by Gasteiger charge is -2.22. The molecule has 1 heterocycles. The summed E-state index contributed by atoms with van der Waals surface area (Å²) in [5, 5.41) is 6.28. The largest absolute Gasteiger partial charge is 0.352 e. The standard InChI is InChI=1S/C14H18FIN2O.ClH/c15-11-3-4-12(13(16)8-11)14(19)18-7-5-10-2-1-6-17-9-10;/h3-4,8,10,17H,1-2,5-7,9H2,(H,18,19);1H. The molecule has 1 amide bonds. The number of hydrogen-bond donors (Lipinski definition) is 2. The third-order valence-corrected chi connectivity index (χ3v) is 4.31. The number of piperidine rings is 1. The maximum atomic E-state index is 13.0. The van der Waals surface area contributed by atoms with Crippen molar-refractivity contribution in [3.8, 4) is 0 Å². The Balaban J connectivity index is 0.00000200. The fraction of sp³-hybridized carbons (Fsp3) is 0.500. The van der Waals surface area contributed by atoms with Crippen molar-refractivity contribution in [1.82, 2.24) is 10.6 Å². The molecule has 6 heteroatoms. The van der Waals surface area contributed by atoms with Gasteiger partial charge in [-0.15, -0.1) is 12.4 Å². The van der Waals surface area contributed by atoms with E-state index in [0.29, 0.717) is 21.6 Å². The summed E-state index contributed by atoms with van der Waals surface area (Å²) in [5.41, 5.74) is 0.545. The van der Waals surface area contributed by atoms with Gasteiger partial charge in [0.1, 0.15) is 5.82 Å². The second-order valence-corrected chi connectivity index (χ2v) is 6.04. The molecular weight excluding hydrogens is 394 g/mol. The van der Waals surface area contributed by atoms with Crippen molar-refractivity contribution in [3.63, 3.8) is 0 Å². The second kappa shape index (κ2) is 8.79. The molecule has 0 aliphatic carbocycles. The quantitative estimate of drug-likeness (QED) is 0.747. The topological polar surface area (TPSA) is 41.1 Å². The first-order chi connectivity index (χ1) is 9.16. The summed E-state index contributed by atoms with van der Waals surface area (Å²) in [6.45, 7) is 2.83. The summed E-state index contributed by atoms with van der Waals surface area (Å²) < 4.78 is 13.6. The van der Waals surface area contributed by atoms with E-state index in [4.69, 9.17) is 0 Å². The van der Waals surface area contributed by atoms with Crippen LogP contribution in [0.5, 0.6) is 0 Å². The molecule has 1 atom stereocenters. The van der Waals surface area contributed by atoms with Crippen LogP contribution < -0.4 is 10.6 Å². The van der Waals surface area contributed by atoms with Crippen molar-refractivity contribution in [2.75, 3.05) is 19.6 Å². The summed E-state index contributed by atoms with van der Waals surface area (Å²) in [6, 6.07) is 4.23. The van der Waals surface area contributed by atoms with Crippen LogP contribution in [0.3, 0.4) is 0 Å². The number of benzene rings is 1. The van der Waals surface area contributed by atoms with Gasteiger partial charge in [0.25, 0.3) is 5.91 Å². The highest BCUT2D eigenvalue weighted by atomic mass is 127. The average molecular weight is 413 g/mol. The smallest absolute Gasteiger partial charge is 0.252 e. The summed E-state index contributed by atoms with van der Waals surface area (Å²) in [5.74, 6) is 0.226. The molecule has 0 radical (unpaired) electrons. The van der Waals surface area contributed by atoms with E-state index in [-0.39, 0.29) is 24.1 Å². The highest BCUT2D eigenvalue weighted by Crippen LogP contribution is 2.15. The van der Waals surface area contributed by atoms with E-state index in [1.807, 2.05) is 22.6 Å². The van der Waals surface area contributed by atoms with Crippen molar-refractivity contribution in [3.05, 3.63) is 33.1 Å².